The fraction of sp³-hybridized carbons (Fsp3) is 0.571. The van der Waals surface area contributed by atoms with Gasteiger partial charge < -0.3 is 20.2 Å². The smallest absolute Gasteiger partial charge is 0.355 e. The van der Waals surface area contributed by atoms with Gasteiger partial charge in [0.25, 0.3) is 0 Å². The Morgan fingerprint density at radius 1 is 1.46 bits per heavy atom. The first-order valence-corrected chi connectivity index (χ1v) is 3.58. The van der Waals surface area contributed by atoms with Gasteiger partial charge in [0, 0.05) is 14.2 Å². The third kappa shape index (κ3) is 3.30. The van der Waals surface area contributed by atoms with E-state index < -0.39 is 5.97 Å². The van der Waals surface area contributed by atoms with E-state index >= 15 is 0 Å². The lowest BCUT2D eigenvalue weighted by Crippen LogP contribution is -2.32. The highest BCUT2D eigenvalue weighted by Gasteiger charge is 2.13. The fourth-order valence-corrected chi connectivity index (χ4v) is 0.734. The number of esters is 1. The molecule has 0 atom stereocenters. The lowest BCUT2D eigenvalue weighted by Gasteiger charge is -2.17. The predicted molar refractivity (Wildman–Crippen MR) is 47.1 cm³/mol. The molecule has 0 fully saturated rings. The molecule has 0 aliphatic carbocycles. The van der Waals surface area contributed by atoms with Gasteiger partial charge in [-0.1, -0.05) is 0 Å². The van der Waals surface area contributed by atoms with Crippen LogP contribution in [0.15, 0.2) is 11.4 Å². The molecule has 0 saturated heterocycles. The first-order valence-electron chi connectivity index (χ1n) is 3.58. The molecular formula is C7H15N3O3. The van der Waals surface area contributed by atoms with Gasteiger partial charge in [0.05, 0.1) is 19.4 Å². The average molecular weight is 189 g/mol. The van der Waals surface area contributed by atoms with E-state index in [4.69, 9.17) is 16.3 Å². The molecule has 0 spiro atoms. The van der Waals surface area contributed by atoms with E-state index in [2.05, 4.69) is 4.74 Å². The zero-order valence-electron chi connectivity index (χ0n) is 8.03. The standard InChI is InChI=1S/C7H15N3O3/c1-10(9)5(4-12-2)6(8)7(11)13-3/h4,8-9H2,1-3H3/b6-5-. The van der Waals surface area contributed by atoms with Gasteiger partial charge >= 0.3 is 5.97 Å². The molecule has 0 aromatic carbocycles. The molecule has 0 aliphatic heterocycles. The van der Waals surface area contributed by atoms with Gasteiger partial charge in [-0.25, -0.2) is 10.6 Å². The van der Waals surface area contributed by atoms with E-state index in [0.29, 0.717) is 5.70 Å². The minimum atomic E-state index is -0.621. The second-order valence-corrected chi connectivity index (χ2v) is 2.40. The van der Waals surface area contributed by atoms with E-state index in [1.165, 1.54) is 19.2 Å². The van der Waals surface area contributed by atoms with Crippen LogP contribution < -0.4 is 11.6 Å². The average Bonchev–Trinajstić information content (AvgIpc) is 2.11. The number of methoxy groups -OCH3 is 2. The summed E-state index contributed by atoms with van der Waals surface area (Å²) in [6, 6.07) is 0. The van der Waals surface area contributed by atoms with Gasteiger partial charge in [0.15, 0.2) is 0 Å². The van der Waals surface area contributed by atoms with Crippen LogP contribution in [0.5, 0.6) is 0 Å². The lowest BCUT2D eigenvalue weighted by atomic mass is 10.3. The molecule has 0 aliphatic rings. The maximum absolute atomic E-state index is 11.0. The minimum absolute atomic E-state index is 0.0469. The van der Waals surface area contributed by atoms with Crippen molar-refractivity contribution in [2.45, 2.75) is 0 Å². The summed E-state index contributed by atoms with van der Waals surface area (Å²) in [5.41, 5.74) is 5.80. The molecule has 0 saturated carbocycles. The number of hydrogen-bond donors (Lipinski definition) is 2. The maximum atomic E-state index is 11.0. The summed E-state index contributed by atoms with van der Waals surface area (Å²) in [5, 5.41) is 1.22. The van der Waals surface area contributed by atoms with E-state index in [1.807, 2.05) is 0 Å². The van der Waals surface area contributed by atoms with Gasteiger partial charge in [-0.15, -0.1) is 0 Å². The molecule has 0 amide bonds. The van der Waals surface area contributed by atoms with Crippen LogP contribution in [-0.2, 0) is 14.3 Å². The minimum Gasteiger partial charge on any atom is -0.464 e. The highest BCUT2D eigenvalue weighted by Crippen LogP contribution is 2.02. The predicted octanol–water partition coefficient (Wildman–Crippen LogP) is -1.22. The largest absolute Gasteiger partial charge is 0.464 e. The molecule has 76 valence electrons. The molecule has 0 radical (unpaired) electrons. The van der Waals surface area contributed by atoms with Crippen molar-refractivity contribution in [2.75, 3.05) is 27.9 Å². The van der Waals surface area contributed by atoms with Crippen LogP contribution in [-0.4, -0.2) is 38.9 Å². The molecule has 13 heavy (non-hydrogen) atoms. The maximum Gasteiger partial charge on any atom is 0.355 e. The van der Waals surface area contributed by atoms with Crippen molar-refractivity contribution < 1.29 is 14.3 Å². The molecule has 0 aromatic rings. The highest BCUT2D eigenvalue weighted by molar-refractivity contribution is 5.88. The second-order valence-electron chi connectivity index (χ2n) is 2.40. The Morgan fingerprint density at radius 3 is 2.31 bits per heavy atom. The normalized spacial score (nSPS) is 12.0. The summed E-state index contributed by atoms with van der Waals surface area (Å²) in [5.74, 6) is 4.80. The molecule has 0 aromatic heterocycles. The van der Waals surface area contributed by atoms with Crippen LogP contribution in [0.4, 0.5) is 0 Å². The molecular weight excluding hydrogens is 174 g/mol. The number of ether oxygens (including phenoxy) is 2. The summed E-state index contributed by atoms with van der Waals surface area (Å²) in [6.45, 7) is 0.161. The van der Waals surface area contributed by atoms with Crippen molar-refractivity contribution in [3.8, 4) is 0 Å². The monoisotopic (exact) mass is 189 g/mol. The van der Waals surface area contributed by atoms with Gasteiger partial charge in [-0.3, -0.25) is 0 Å². The summed E-state index contributed by atoms with van der Waals surface area (Å²) in [4.78, 5) is 11.0. The fourth-order valence-electron chi connectivity index (χ4n) is 0.734. The number of hydrogen-bond acceptors (Lipinski definition) is 6. The van der Waals surface area contributed by atoms with Crippen molar-refractivity contribution in [1.82, 2.24) is 5.01 Å². The SMILES string of the molecule is COC/C(=C(/N)C(=O)OC)N(C)N. The van der Waals surface area contributed by atoms with E-state index in [1.54, 1.807) is 7.05 Å². The third-order valence-corrected chi connectivity index (χ3v) is 1.42. The number of nitrogens with zero attached hydrogens (tertiary/aromatic N) is 1. The van der Waals surface area contributed by atoms with Crippen molar-refractivity contribution in [2.24, 2.45) is 11.6 Å². The van der Waals surface area contributed by atoms with Crippen LogP contribution in [0.1, 0.15) is 0 Å². The molecule has 6 heteroatoms. The summed E-state index contributed by atoms with van der Waals surface area (Å²) < 4.78 is 9.24. The molecule has 0 bridgehead atoms. The van der Waals surface area contributed by atoms with E-state index in [0.717, 1.165) is 0 Å². The molecule has 0 unspecified atom stereocenters. The summed E-state index contributed by atoms with van der Waals surface area (Å²) in [6.07, 6.45) is 0. The Morgan fingerprint density at radius 2 is 2.00 bits per heavy atom. The number of likely N-dealkylation sites (N-methyl/N-ethyl adjacent to an activating group) is 1. The van der Waals surface area contributed by atoms with Gasteiger partial charge in [-0.2, -0.15) is 0 Å². The molecule has 0 heterocycles. The van der Waals surface area contributed by atoms with Crippen LogP contribution in [0.3, 0.4) is 0 Å². The molecule has 0 rings (SSSR count). The number of carbonyl (C=O) groups excluding carboxylic acids is 1. The van der Waals surface area contributed by atoms with E-state index in [9.17, 15) is 4.79 Å². The first-order chi connectivity index (χ1) is 6.04. The lowest BCUT2D eigenvalue weighted by molar-refractivity contribution is -0.136. The van der Waals surface area contributed by atoms with Gasteiger partial charge in [-0.05, 0) is 0 Å². The molecule has 6 nitrogen and oxygen atoms in total. The summed E-state index contributed by atoms with van der Waals surface area (Å²) >= 11 is 0. The Hall–Kier alpha value is -1.27. The molecule has 4 N–H and O–H groups in total. The number of nitrogens with two attached hydrogens (primary N) is 2. The topological polar surface area (TPSA) is 90.8 Å². The van der Waals surface area contributed by atoms with E-state index in [-0.39, 0.29) is 12.3 Å². The van der Waals surface area contributed by atoms with Crippen molar-refractivity contribution in [1.29, 1.82) is 0 Å². The Kier molecular flexibility index (Phi) is 4.86. The van der Waals surface area contributed by atoms with Gasteiger partial charge in [0.2, 0.25) is 0 Å². The highest BCUT2D eigenvalue weighted by atomic mass is 16.5. The van der Waals surface area contributed by atoms with Crippen LogP contribution in [0.2, 0.25) is 0 Å². The van der Waals surface area contributed by atoms with Crippen molar-refractivity contribution in [3.05, 3.63) is 11.4 Å². The van der Waals surface area contributed by atoms with Crippen molar-refractivity contribution >= 4 is 5.97 Å². The van der Waals surface area contributed by atoms with Crippen LogP contribution in [0, 0.1) is 0 Å². The number of rotatable bonds is 4. The summed E-state index contributed by atoms with van der Waals surface area (Å²) in [7, 11) is 4.29. The Labute approximate surface area is 77.0 Å². The van der Waals surface area contributed by atoms with Crippen molar-refractivity contribution in [3.63, 3.8) is 0 Å². The first kappa shape index (κ1) is 11.7. The van der Waals surface area contributed by atoms with Crippen LogP contribution >= 0.6 is 0 Å². The zero-order chi connectivity index (χ0) is 10.4. The third-order valence-electron chi connectivity index (χ3n) is 1.42. The Bertz CT molecular complexity index is 213. The van der Waals surface area contributed by atoms with Gasteiger partial charge in [0.1, 0.15) is 5.70 Å². The zero-order valence-corrected chi connectivity index (χ0v) is 8.03. The second kappa shape index (κ2) is 5.39. The van der Waals surface area contributed by atoms with Crippen LogP contribution in [0.25, 0.3) is 0 Å². The Balaban J connectivity index is 4.74. The number of carbonyl (C=O) groups is 1. The quantitative estimate of drug-likeness (QED) is 0.249. The number of hydrazine groups is 1.